The van der Waals surface area contributed by atoms with Crippen LogP contribution in [-0.2, 0) is 11.3 Å². The third-order valence-electron chi connectivity index (χ3n) is 3.52. The first kappa shape index (κ1) is 15.8. The second-order valence-corrected chi connectivity index (χ2v) is 6.31. The molecule has 1 aromatic rings. The van der Waals surface area contributed by atoms with Crippen molar-refractivity contribution in [1.82, 2.24) is 15.1 Å². The first-order valence-corrected chi connectivity index (χ1v) is 7.24. The number of amides is 3. The van der Waals surface area contributed by atoms with E-state index in [0.29, 0.717) is 18.1 Å². The smallest absolute Gasteiger partial charge is 0.324 e. The van der Waals surface area contributed by atoms with Gasteiger partial charge in [-0.3, -0.25) is 9.69 Å². The van der Waals surface area contributed by atoms with E-state index >= 15 is 0 Å². The minimum absolute atomic E-state index is 0.174. The van der Waals surface area contributed by atoms with Gasteiger partial charge in [-0.2, -0.15) is 0 Å². The van der Waals surface area contributed by atoms with Crippen LogP contribution in [0.3, 0.4) is 0 Å². The van der Waals surface area contributed by atoms with Gasteiger partial charge in [0.1, 0.15) is 5.54 Å². The van der Waals surface area contributed by atoms with Gasteiger partial charge in [-0.15, -0.1) is 0 Å². The molecule has 0 radical (unpaired) electrons. The minimum atomic E-state index is -0.800. The number of imide groups is 1. The number of urea groups is 1. The van der Waals surface area contributed by atoms with E-state index in [2.05, 4.69) is 10.2 Å². The topological polar surface area (TPSA) is 52.6 Å². The number of hydrogen-bond acceptors (Lipinski definition) is 3. The molecule has 5 nitrogen and oxygen atoms in total. The van der Waals surface area contributed by atoms with Crippen LogP contribution in [0.4, 0.5) is 4.79 Å². The van der Waals surface area contributed by atoms with Gasteiger partial charge in [0.05, 0.1) is 0 Å². The Labute approximate surface area is 129 Å². The van der Waals surface area contributed by atoms with Crippen molar-refractivity contribution in [3.63, 3.8) is 0 Å². The number of benzene rings is 1. The van der Waals surface area contributed by atoms with Gasteiger partial charge in [-0.25, -0.2) is 4.79 Å². The number of nitrogens with one attached hydrogen (secondary N) is 1. The molecule has 1 N–H and O–H groups in total. The molecule has 0 aromatic heterocycles. The van der Waals surface area contributed by atoms with E-state index in [-0.39, 0.29) is 11.9 Å². The Balaban J connectivity index is 1.87. The van der Waals surface area contributed by atoms with Crippen molar-refractivity contribution in [2.75, 3.05) is 20.1 Å². The van der Waals surface area contributed by atoms with Crippen molar-refractivity contribution in [1.29, 1.82) is 0 Å². The molecule has 6 heteroatoms. The van der Waals surface area contributed by atoms with Gasteiger partial charge in [-0.1, -0.05) is 23.7 Å². The molecule has 0 saturated carbocycles. The predicted octanol–water partition coefficient (Wildman–Crippen LogP) is 2.10. The fourth-order valence-corrected chi connectivity index (χ4v) is 2.40. The fourth-order valence-electron chi connectivity index (χ4n) is 2.27. The fraction of sp³-hybridized carbons (Fsp3) is 0.467. The van der Waals surface area contributed by atoms with Crippen LogP contribution >= 0.6 is 11.6 Å². The number of nitrogens with zero attached hydrogens (tertiary/aromatic N) is 2. The summed E-state index contributed by atoms with van der Waals surface area (Å²) in [5.41, 5.74) is 0.339. The molecule has 1 aromatic carbocycles. The van der Waals surface area contributed by atoms with Crippen molar-refractivity contribution < 1.29 is 9.59 Å². The number of rotatable bonds is 5. The zero-order valence-electron chi connectivity index (χ0n) is 12.5. The van der Waals surface area contributed by atoms with Crippen LogP contribution < -0.4 is 5.32 Å². The molecular weight excluding hydrogens is 290 g/mol. The van der Waals surface area contributed by atoms with E-state index in [0.717, 1.165) is 12.1 Å². The molecule has 0 unspecified atom stereocenters. The molecule has 114 valence electrons. The maximum Gasteiger partial charge on any atom is 0.325 e. The Morgan fingerprint density at radius 3 is 2.38 bits per heavy atom. The molecule has 1 aliphatic heterocycles. The van der Waals surface area contributed by atoms with Crippen LogP contribution in [0.1, 0.15) is 19.4 Å². The minimum Gasteiger partial charge on any atom is -0.324 e. The molecular formula is C15H20ClN3O2. The molecule has 0 atom stereocenters. The average molecular weight is 310 g/mol. The Hall–Kier alpha value is -1.59. The van der Waals surface area contributed by atoms with E-state index in [1.807, 2.05) is 31.3 Å². The van der Waals surface area contributed by atoms with Crippen LogP contribution in [0.2, 0.25) is 5.02 Å². The number of halogens is 1. The maximum atomic E-state index is 12.1. The summed E-state index contributed by atoms with van der Waals surface area (Å²) in [6, 6.07) is 7.32. The lowest BCUT2D eigenvalue weighted by atomic mass is 10.1. The zero-order chi connectivity index (χ0) is 15.6. The molecule has 0 aliphatic carbocycles. The average Bonchev–Trinajstić information content (AvgIpc) is 2.59. The summed E-state index contributed by atoms with van der Waals surface area (Å²) in [6.07, 6.45) is 0. The van der Waals surface area contributed by atoms with Crippen molar-refractivity contribution in [3.05, 3.63) is 34.9 Å². The van der Waals surface area contributed by atoms with Crippen LogP contribution in [-0.4, -0.2) is 47.4 Å². The molecule has 1 aliphatic rings. The second kappa shape index (κ2) is 6.03. The zero-order valence-corrected chi connectivity index (χ0v) is 13.3. The Bertz CT molecular complexity index is 542. The second-order valence-electron chi connectivity index (χ2n) is 5.88. The first-order chi connectivity index (χ1) is 9.79. The van der Waals surface area contributed by atoms with Crippen molar-refractivity contribution in [2.45, 2.75) is 25.9 Å². The maximum absolute atomic E-state index is 12.1. The predicted molar refractivity (Wildman–Crippen MR) is 82.1 cm³/mol. The Morgan fingerprint density at radius 2 is 1.86 bits per heavy atom. The van der Waals surface area contributed by atoms with Gasteiger partial charge in [0.15, 0.2) is 0 Å². The summed E-state index contributed by atoms with van der Waals surface area (Å²) in [4.78, 5) is 27.2. The Kier molecular flexibility index (Phi) is 4.54. The van der Waals surface area contributed by atoms with E-state index < -0.39 is 5.54 Å². The molecule has 1 fully saturated rings. The summed E-state index contributed by atoms with van der Waals surface area (Å²) in [6.45, 7) is 5.18. The summed E-state index contributed by atoms with van der Waals surface area (Å²) in [5, 5.41) is 3.39. The summed E-state index contributed by atoms with van der Waals surface area (Å²) in [7, 11) is 1.96. The first-order valence-electron chi connectivity index (χ1n) is 6.87. The van der Waals surface area contributed by atoms with E-state index in [4.69, 9.17) is 11.6 Å². The molecule has 3 amide bonds. The lowest BCUT2D eigenvalue weighted by Gasteiger charge is -2.21. The van der Waals surface area contributed by atoms with Gasteiger partial charge < -0.3 is 10.2 Å². The SMILES string of the molecule is CN(CCN1C(=O)NC(C)(C)C1=O)Cc1ccc(Cl)cc1. The quantitative estimate of drug-likeness (QED) is 0.848. The number of carbonyl (C=O) groups is 2. The number of likely N-dealkylation sites (N-methyl/N-ethyl adjacent to an activating group) is 1. The monoisotopic (exact) mass is 309 g/mol. The van der Waals surface area contributed by atoms with E-state index in [9.17, 15) is 9.59 Å². The van der Waals surface area contributed by atoms with Gasteiger partial charge in [0.25, 0.3) is 5.91 Å². The highest BCUT2D eigenvalue weighted by atomic mass is 35.5. The van der Waals surface area contributed by atoms with Crippen LogP contribution in [0.15, 0.2) is 24.3 Å². The van der Waals surface area contributed by atoms with Crippen molar-refractivity contribution in [3.8, 4) is 0 Å². The van der Waals surface area contributed by atoms with Crippen LogP contribution in [0.25, 0.3) is 0 Å². The van der Waals surface area contributed by atoms with E-state index in [1.165, 1.54) is 4.90 Å². The molecule has 0 spiro atoms. The molecule has 21 heavy (non-hydrogen) atoms. The highest BCUT2D eigenvalue weighted by Gasteiger charge is 2.43. The van der Waals surface area contributed by atoms with Crippen LogP contribution in [0.5, 0.6) is 0 Å². The molecule has 0 bridgehead atoms. The van der Waals surface area contributed by atoms with Crippen molar-refractivity contribution >= 4 is 23.5 Å². The van der Waals surface area contributed by atoms with Gasteiger partial charge in [0, 0.05) is 24.7 Å². The van der Waals surface area contributed by atoms with E-state index in [1.54, 1.807) is 13.8 Å². The lowest BCUT2D eigenvalue weighted by molar-refractivity contribution is -0.130. The van der Waals surface area contributed by atoms with Gasteiger partial charge >= 0.3 is 6.03 Å². The van der Waals surface area contributed by atoms with Gasteiger partial charge in [-0.05, 0) is 38.6 Å². The normalized spacial score (nSPS) is 17.5. The summed E-state index contributed by atoms with van der Waals surface area (Å²) < 4.78 is 0. The number of hydrogen-bond donors (Lipinski definition) is 1. The standard InChI is InChI=1S/C15H20ClN3O2/c1-15(2)13(20)19(14(21)17-15)9-8-18(3)10-11-4-6-12(16)7-5-11/h4-7H,8-10H2,1-3H3,(H,17,21). The van der Waals surface area contributed by atoms with Crippen LogP contribution in [0, 0.1) is 0 Å². The Morgan fingerprint density at radius 1 is 1.24 bits per heavy atom. The largest absolute Gasteiger partial charge is 0.325 e. The summed E-state index contributed by atoms with van der Waals surface area (Å²) >= 11 is 5.85. The number of carbonyl (C=O) groups excluding carboxylic acids is 2. The summed E-state index contributed by atoms with van der Waals surface area (Å²) in [5.74, 6) is -0.174. The third kappa shape index (κ3) is 3.74. The third-order valence-corrected chi connectivity index (χ3v) is 3.77. The lowest BCUT2D eigenvalue weighted by Crippen LogP contribution is -2.41. The highest BCUT2D eigenvalue weighted by Crippen LogP contribution is 2.16. The highest BCUT2D eigenvalue weighted by molar-refractivity contribution is 6.30. The molecule has 2 rings (SSSR count). The molecule has 1 saturated heterocycles. The van der Waals surface area contributed by atoms with Crippen molar-refractivity contribution in [2.24, 2.45) is 0 Å². The van der Waals surface area contributed by atoms with Gasteiger partial charge in [0.2, 0.25) is 0 Å². The molecule has 1 heterocycles.